The van der Waals surface area contributed by atoms with E-state index >= 15 is 0 Å². The summed E-state index contributed by atoms with van der Waals surface area (Å²) < 4.78 is 9.95. The lowest BCUT2D eigenvalue weighted by Crippen LogP contribution is -2.26. The number of benzene rings is 1. The van der Waals surface area contributed by atoms with Crippen LogP contribution in [0.3, 0.4) is 0 Å². The van der Waals surface area contributed by atoms with E-state index in [1.165, 1.54) is 13.4 Å². The van der Waals surface area contributed by atoms with Crippen LogP contribution in [0.2, 0.25) is 0 Å². The molecule has 0 aliphatic rings. The van der Waals surface area contributed by atoms with Gasteiger partial charge in [0.2, 0.25) is 5.89 Å². The van der Waals surface area contributed by atoms with E-state index in [-0.39, 0.29) is 5.91 Å². The molecule has 0 radical (unpaired) electrons. The number of hydrogen-bond donors (Lipinski definition) is 2. The fourth-order valence-electron chi connectivity index (χ4n) is 1.65. The van der Waals surface area contributed by atoms with Crippen molar-refractivity contribution < 1.29 is 14.1 Å². The van der Waals surface area contributed by atoms with Gasteiger partial charge >= 0.3 is 0 Å². The monoisotopic (exact) mass is 262 g/mol. The van der Waals surface area contributed by atoms with Crippen molar-refractivity contribution in [1.29, 1.82) is 0 Å². The Morgan fingerprint density at radius 3 is 3.05 bits per heavy atom. The fourth-order valence-corrected chi connectivity index (χ4v) is 1.65. The number of aromatic nitrogens is 2. The molecular weight excluding hydrogens is 248 g/mol. The van der Waals surface area contributed by atoms with E-state index in [0.29, 0.717) is 35.9 Å². The van der Waals surface area contributed by atoms with Gasteiger partial charge in [-0.15, -0.1) is 0 Å². The Hall–Kier alpha value is -2.57. The van der Waals surface area contributed by atoms with Crippen molar-refractivity contribution >= 4 is 11.6 Å². The molecule has 1 amide bonds. The average molecular weight is 262 g/mol. The lowest BCUT2D eigenvalue weighted by molar-refractivity contribution is 0.0950. The van der Waals surface area contributed by atoms with Crippen LogP contribution in [0.5, 0.6) is 5.75 Å². The van der Waals surface area contributed by atoms with Gasteiger partial charge in [0.05, 0.1) is 18.4 Å². The van der Waals surface area contributed by atoms with Crippen molar-refractivity contribution in [3.05, 3.63) is 36.0 Å². The number of nitrogens with two attached hydrogens (primary N) is 1. The number of methoxy groups -OCH3 is 1. The van der Waals surface area contributed by atoms with E-state index < -0.39 is 0 Å². The van der Waals surface area contributed by atoms with E-state index in [2.05, 4.69) is 15.5 Å². The van der Waals surface area contributed by atoms with Gasteiger partial charge in [-0.3, -0.25) is 4.79 Å². The first-order valence-corrected chi connectivity index (χ1v) is 5.68. The van der Waals surface area contributed by atoms with Crippen molar-refractivity contribution in [1.82, 2.24) is 15.5 Å². The van der Waals surface area contributed by atoms with E-state index in [4.69, 9.17) is 15.0 Å². The molecule has 7 heteroatoms. The number of rotatable bonds is 5. The highest BCUT2D eigenvalue weighted by molar-refractivity contribution is 5.98. The third-order valence-corrected chi connectivity index (χ3v) is 2.53. The molecule has 19 heavy (non-hydrogen) atoms. The average Bonchev–Trinajstić information content (AvgIpc) is 2.91. The molecule has 0 saturated heterocycles. The summed E-state index contributed by atoms with van der Waals surface area (Å²) in [5.74, 6) is 0.585. The van der Waals surface area contributed by atoms with Gasteiger partial charge in [-0.25, -0.2) is 0 Å². The Morgan fingerprint density at radius 1 is 1.53 bits per heavy atom. The van der Waals surface area contributed by atoms with Crippen LogP contribution in [0.4, 0.5) is 5.69 Å². The predicted octanol–water partition coefficient (Wildman–Crippen LogP) is 0.633. The van der Waals surface area contributed by atoms with Gasteiger partial charge < -0.3 is 20.3 Å². The Kier molecular flexibility index (Phi) is 3.97. The van der Waals surface area contributed by atoms with E-state index in [9.17, 15) is 4.79 Å². The molecule has 0 aliphatic heterocycles. The number of nitrogens with one attached hydrogen (secondary N) is 1. The Bertz CT molecular complexity index is 554. The van der Waals surface area contributed by atoms with Crippen LogP contribution in [0.1, 0.15) is 16.2 Å². The van der Waals surface area contributed by atoms with E-state index in [1.54, 1.807) is 18.2 Å². The smallest absolute Gasteiger partial charge is 0.255 e. The number of anilines is 1. The van der Waals surface area contributed by atoms with Gasteiger partial charge in [-0.1, -0.05) is 11.2 Å². The third-order valence-electron chi connectivity index (χ3n) is 2.53. The normalized spacial score (nSPS) is 10.2. The minimum atomic E-state index is -0.260. The number of carbonyl (C=O) groups is 1. The summed E-state index contributed by atoms with van der Waals surface area (Å²) in [7, 11) is 1.47. The van der Waals surface area contributed by atoms with E-state index in [0.717, 1.165) is 0 Å². The molecule has 0 spiro atoms. The molecule has 2 aromatic rings. The number of hydrogen-bond acceptors (Lipinski definition) is 6. The zero-order valence-corrected chi connectivity index (χ0v) is 10.4. The van der Waals surface area contributed by atoms with Gasteiger partial charge in [0, 0.05) is 13.0 Å². The highest BCUT2D eigenvalue weighted by Crippen LogP contribution is 2.25. The van der Waals surface area contributed by atoms with Gasteiger partial charge in [0.1, 0.15) is 0 Å². The summed E-state index contributed by atoms with van der Waals surface area (Å²) in [5.41, 5.74) is 6.56. The Morgan fingerprint density at radius 2 is 2.37 bits per heavy atom. The number of amides is 1. The van der Waals surface area contributed by atoms with Gasteiger partial charge in [-0.05, 0) is 12.1 Å². The maximum atomic E-state index is 12.0. The number of para-hydroxylation sites is 1. The molecule has 1 aromatic heterocycles. The van der Waals surface area contributed by atoms with Gasteiger partial charge in [0.25, 0.3) is 5.91 Å². The lowest BCUT2D eigenvalue weighted by atomic mass is 10.1. The quantitative estimate of drug-likeness (QED) is 0.766. The molecule has 0 fully saturated rings. The molecule has 0 aliphatic carbocycles. The van der Waals surface area contributed by atoms with Crippen LogP contribution < -0.4 is 15.8 Å². The highest BCUT2D eigenvalue weighted by atomic mass is 16.5. The molecule has 0 bridgehead atoms. The molecular formula is C12H14N4O3. The molecule has 100 valence electrons. The second-order valence-corrected chi connectivity index (χ2v) is 3.77. The molecule has 7 nitrogen and oxygen atoms in total. The topological polar surface area (TPSA) is 103 Å². The molecule has 0 atom stereocenters. The molecule has 3 N–H and O–H groups in total. The second-order valence-electron chi connectivity index (χ2n) is 3.77. The number of ether oxygens (including phenoxy) is 1. The molecule has 0 unspecified atom stereocenters. The first kappa shape index (κ1) is 12.9. The summed E-state index contributed by atoms with van der Waals surface area (Å²) in [4.78, 5) is 15.9. The Labute approximate surface area is 109 Å². The summed E-state index contributed by atoms with van der Waals surface area (Å²) in [6, 6.07) is 5.02. The summed E-state index contributed by atoms with van der Waals surface area (Å²) in [6.07, 6.45) is 1.79. The maximum absolute atomic E-state index is 12.0. The maximum Gasteiger partial charge on any atom is 0.255 e. The SMILES string of the molecule is COc1c(N)cccc1C(=O)NCCc1ncno1. The van der Waals surface area contributed by atoms with E-state index in [1.807, 2.05) is 0 Å². The van der Waals surface area contributed by atoms with Crippen molar-refractivity contribution in [3.8, 4) is 5.75 Å². The van der Waals surface area contributed by atoms with Gasteiger partial charge in [0.15, 0.2) is 12.1 Å². The summed E-state index contributed by atoms with van der Waals surface area (Å²) in [5, 5.41) is 6.22. The molecule has 2 rings (SSSR count). The Balaban J connectivity index is 1.98. The zero-order valence-electron chi connectivity index (χ0n) is 10.4. The standard InChI is InChI=1S/C12H14N4O3/c1-18-11-8(3-2-4-9(11)13)12(17)14-6-5-10-15-7-16-19-10/h2-4,7H,5-6,13H2,1H3,(H,14,17). The number of nitrogen functional groups attached to an aromatic ring is 1. The van der Waals surface area contributed by atoms with Crippen LogP contribution in [0.15, 0.2) is 29.0 Å². The molecule has 1 heterocycles. The molecule has 1 aromatic carbocycles. The van der Waals surface area contributed by atoms with Crippen molar-refractivity contribution in [3.63, 3.8) is 0 Å². The largest absolute Gasteiger partial charge is 0.494 e. The minimum Gasteiger partial charge on any atom is -0.494 e. The van der Waals surface area contributed by atoms with Crippen LogP contribution >= 0.6 is 0 Å². The summed E-state index contributed by atoms with van der Waals surface area (Å²) >= 11 is 0. The number of nitrogens with zero attached hydrogens (tertiary/aromatic N) is 2. The highest BCUT2D eigenvalue weighted by Gasteiger charge is 2.14. The van der Waals surface area contributed by atoms with Crippen molar-refractivity contribution in [2.75, 3.05) is 19.4 Å². The second kappa shape index (κ2) is 5.85. The van der Waals surface area contributed by atoms with Crippen LogP contribution in [0.25, 0.3) is 0 Å². The third kappa shape index (κ3) is 3.01. The van der Waals surface area contributed by atoms with Crippen LogP contribution in [-0.2, 0) is 6.42 Å². The fraction of sp³-hybridized carbons (Fsp3) is 0.250. The zero-order chi connectivity index (χ0) is 13.7. The van der Waals surface area contributed by atoms with Crippen LogP contribution in [-0.4, -0.2) is 29.7 Å². The lowest BCUT2D eigenvalue weighted by Gasteiger charge is -2.10. The van der Waals surface area contributed by atoms with Crippen LogP contribution in [0, 0.1) is 0 Å². The first-order valence-electron chi connectivity index (χ1n) is 5.68. The van der Waals surface area contributed by atoms with Crippen molar-refractivity contribution in [2.45, 2.75) is 6.42 Å². The van der Waals surface area contributed by atoms with Crippen molar-refractivity contribution in [2.24, 2.45) is 0 Å². The summed E-state index contributed by atoms with van der Waals surface area (Å²) in [6.45, 7) is 0.388. The first-order chi connectivity index (χ1) is 9.22. The predicted molar refractivity (Wildman–Crippen MR) is 67.7 cm³/mol. The number of carbonyl (C=O) groups excluding carboxylic acids is 1. The molecule has 0 saturated carbocycles. The minimum absolute atomic E-state index is 0.260. The van der Waals surface area contributed by atoms with Gasteiger partial charge in [-0.2, -0.15) is 4.98 Å².